The minimum Gasteiger partial charge on any atom is -0.336 e. The third-order valence-corrected chi connectivity index (χ3v) is 4.74. The molecule has 1 aliphatic carbocycles. The number of rotatable bonds is 4. The molecule has 1 heterocycles. The molecule has 1 N–H and O–H groups in total. The zero-order chi connectivity index (χ0) is 14.8. The summed E-state index contributed by atoms with van der Waals surface area (Å²) in [5.74, 6) is 1.23. The number of hydrogen-bond acceptors (Lipinski definition) is 2. The quantitative estimate of drug-likeness (QED) is 0.922. The lowest BCUT2D eigenvalue weighted by atomic mass is 9.95. The molecule has 3 rings (SSSR count). The summed E-state index contributed by atoms with van der Waals surface area (Å²) in [6, 6.07) is 11.3. The summed E-state index contributed by atoms with van der Waals surface area (Å²) in [6.45, 7) is 6.22. The Morgan fingerprint density at radius 1 is 1.29 bits per heavy atom. The van der Waals surface area contributed by atoms with Crippen molar-refractivity contribution in [3.05, 3.63) is 35.9 Å². The topological polar surface area (TPSA) is 32.3 Å². The molecule has 2 aliphatic rings. The molecule has 2 unspecified atom stereocenters. The number of nitrogens with one attached hydrogen (secondary N) is 1. The molecule has 2 atom stereocenters. The molecule has 21 heavy (non-hydrogen) atoms. The second kappa shape index (κ2) is 6.18. The zero-order valence-corrected chi connectivity index (χ0v) is 13.1. The van der Waals surface area contributed by atoms with Crippen molar-refractivity contribution in [1.29, 1.82) is 0 Å². The Hall–Kier alpha value is -1.35. The van der Waals surface area contributed by atoms with E-state index in [1.807, 2.05) is 0 Å². The first-order valence-corrected chi connectivity index (χ1v) is 8.23. The Balaban J connectivity index is 1.67. The van der Waals surface area contributed by atoms with Gasteiger partial charge in [0.1, 0.15) is 0 Å². The van der Waals surface area contributed by atoms with Gasteiger partial charge in [0.25, 0.3) is 0 Å². The molecule has 1 amide bonds. The van der Waals surface area contributed by atoms with Gasteiger partial charge in [0.2, 0.25) is 5.91 Å². The molecule has 1 aromatic carbocycles. The molecule has 0 aromatic heterocycles. The maximum Gasteiger partial charge on any atom is 0.226 e. The molecular formula is C18H26N2O. The minimum absolute atomic E-state index is 0.321. The number of benzene rings is 1. The smallest absolute Gasteiger partial charge is 0.226 e. The molecule has 3 heteroatoms. The highest BCUT2D eigenvalue weighted by Gasteiger charge is 2.39. The first-order valence-electron chi connectivity index (χ1n) is 8.23. The predicted molar refractivity (Wildman–Crippen MR) is 85.0 cm³/mol. The van der Waals surface area contributed by atoms with Crippen LogP contribution in [-0.2, 0) is 11.2 Å². The number of hydrogen-bond donors (Lipinski definition) is 1. The van der Waals surface area contributed by atoms with Crippen molar-refractivity contribution in [2.24, 2.45) is 11.8 Å². The standard InChI is InChI=1S/C18H26N2O/c1-13(2)17-11-19-16(10-14-6-4-3-5-7-14)12-20(17)18(21)15-8-9-15/h3-7,13,15-17,19H,8-12H2,1-2H3. The number of nitrogens with zero attached hydrogens (tertiary/aromatic N) is 1. The molecular weight excluding hydrogens is 260 g/mol. The minimum atomic E-state index is 0.321. The molecule has 1 aliphatic heterocycles. The molecule has 0 bridgehead atoms. The van der Waals surface area contributed by atoms with Crippen molar-refractivity contribution < 1.29 is 4.79 Å². The van der Waals surface area contributed by atoms with Crippen LogP contribution in [0.15, 0.2) is 30.3 Å². The second-order valence-corrected chi connectivity index (χ2v) is 6.87. The van der Waals surface area contributed by atoms with E-state index in [0.717, 1.165) is 32.4 Å². The van der Waals surface area contributed by atoms with E-state index in [1.54, 1.807) is 0 Å². The summed E-state index contributed by atoms with van der Waals surface area (Å²) in [5.41, 5.74) is 1.34. The number of amides is 1. The lowest BCUT2D eigenvalue weighted by molar-refractivity contribution is -0.137. The Morgan fingerprint density at radius 3 is 2.62 bits per heavy atom. The molecule has 0 radical (unpaired) electrons. The average Bonchev–Trinajstić information content (AvgIpc) is 3.32. The summed E-state index contributed by atoms with van der Waals surface area (Å²) >= 11 is 0. The van der Waals surface area contributed by atoms with Crippen LogP contribution in [-0.4, -0.2) is 36.0 Å². The van der Waals surface area contributed by atoms with E-state index in [0.29, 0.717) is 29.8 Å². The normalized spacial score (nSPS) is 26.1. The van der Waals surface area contributed by atoms with Crippen molar-refractivity contribution in [3.8, 4) is 0 Å². The fourth-order valence-corrected chi connectivity index (χ4v) is 3.28. The van der Waals surface area contributed by atoms with E-state index in [4.69, 9.17) is 0 Å². The van der Waals surface area contributed by atoms with Gasteiger partial charge in [0.15, 0.2) is 0 Å². The Bertz CT molecular complexity index is 481. The maximum absolute atomic E-state index is 12.6. The van der Waals surface area contributed by atoms with Crippen LogP contribution < -0.4 is 5.32 Å². The van der Waals surface area contributed by atoms with E-state index in [2.05, 4.69) is 54.4 Å². The van der Waals surface area contributed by atoms with E-state index < -0.39 is 0 Å². The molecule has 0 spiro atoms. The van der Waals surface area contributed by atoms with Crippen LogP contribution in [0, 0.1) is 11.8 Å². The van der Waals surface area contributed by atoms with Crippen molar-refractivity contribution in [2.45, 2.75) is 45.2 Å². The molecule has 1 saturated carbocycles. The monoisotopic (exact) mass is 286 g/mol. The molecule has 114 valence electrons. The summed E-state index contributed by atoms with van der Waals surface area (Å²) in [6.07, 6.45) is 3.19. The van der Waals surface area contributed by atoms with Crippen molar-refractivity contribution >= 4 is 5.91 Å². The van der Waals surface area contributed by atoms with Gasteiger partial charge < -0.3 is 10.2 Å². The Labute approximate surface area is 127 Å². The number of piperazine rings is 1. The average molecular weight is 286 g/mol. The van der Waals surface area contributed by atoms with E-state index in [9.17, 15) is 4.79 Å². The third-order valence-electron chi connectivity index (χ3n) is 4.74. The van der Waals surface area contributed by atoms with Gasteiger partial charge in [-0.05, 0) is 30.7 Å². The summed E-state index contributed by atoms with van der Waals surface area (Å²) in [7, 11) is 0. The summed E-state index contributed by atoms with van der Waals surface area (Å²) in [4.78, 5) is 14.7. The van der Waals surface area contributed by atoms with Crippen LogP contribution in [0.5, 0.6) is 0 Å². The highest BCUT2D eigenvalue weighted by Crippen LogP contribution is 2.33. The SMILES string of the molecule is CC(C)C1CNC(Cc2ccccc2)CN1C(=O)C1CC1. The van der Waals surface area contributed by atoms with Gasteiger partial charge in [-0.15, -0.1) is 0 Å². The fourth-order valence-electron chi connectivity index (χ4n) is 3.28. The van der Waals surface area contributed by atoms with E-state index in [-0.39, 0.29) is 0 Å². The molecule has 3 nitrogen and oxygen atoms in total. The highest BCUT2D eigenvalue weighted by atomic mass is 16.2. The summed E-state index contributed by atoms with van der Waals surface area (Å²) in [5, 5.41) is 3.65. The van der Waals surface area contributed by atoms with Crippen LogP contribution in [0.3, 0.4) is 0 Å². The van der Waals surface area contributed by atoms with E-state index in [1.165, 1.54) is 5.56 Å². The first-order chi connectivity index (χ1) is 10.1. The van der Waals surface area contributed by atoms with Crippen LogP contribution in [0.25, 0.3) is 0 Å². The second-order valence-electron chi connectivity index (χ2n) is 6.87. The van der Waals surface area contributed by atoms with Crippen molar-refractivity contribution in [3.63, 3.8) is 0 Å². The number of carbonyl (C=O) groups is 1. The zero-order valence-electron chi connectivity index (χ0n) is 13.1. The van der Waals surface area contributed by atoms with Crippen molar-refractivity contribution in [1.82, 2.24) is 10.2 Å². The van der Waals surface area contributed by atoms with Gasteiger partial charge in [0, 0.05) is 31.1 Å². The molecule has 1 saturated heterocycles. The predicted octanol–water partition coefficient (Wildman–Crippen LogP) is 2.46. The van der Waals surface area contributed by atoms with Crippen LogP contribution in [0.2, 0.25) is 0 Å². The lowest BCUT2D eigenvalue weighted by Gasteiger charge is -2.42. The van der Waals surface area contributed by atoms with Crippen LogP contribution in [0.1, 0.15) is 32.3 Å². The molecule has 1 aromatic rings. The lowest BCUT2D eigenvalue weighted by Crippen LogP contribution is -2.60. The van der Waals surface area contributed by atoms with Crippen LogP contribution in [0.4, 0.5) is 0 Å². The van der Waals surface area contributed by atoms with Gasteiger partial charge in [-0.2, -0.15) is 0 Å². The van der Waals surface area contributed by atoms with E-state index >= 15 is 0 Å². The molecule has 2 fully saturated rings. The Morgan fingerprint density at radius 2 is 2.00 bits per heavy atom. The number of carbonyl (C=O) groups excluding carboxylic acids is 1. The van der Waals surface area contributed by atoms with Gasteiger partial charge in [-0.1, -0.05) is 44.2 Å². The Kier molecular flexibility index (Phi) is 4.29. The van der Waals surface area contributed by atoms with Crippen molar-refractivity contribution in [2.75, 3.05) is 13.1 Å². The van der Waals surface area contributed by atoms with Gasteiger partial charge in [-0.25, -0.2) is 0 Å². The third kappa shape index (κ3) is 3.46. The fraction of sp³-hybridized carbons (Fsp3) is 0.611. The maximum atomic E-state index is 12.6. The summed E-state index contributed by atoms with van der Waals surface area (Å²) < 4.78 is 0. The van der Waals surface area contributed by atoms with Crippen LogP contribution >= 0.6 is 0 Å². The van der Waals surface area contributed by atoms with Gasteiger partial charge in [0.05, 0.1) is 0 Å². The largest absolute Gasteiger partial charge is 0.336 e. The first kappa shape index (κ1) is 14.6. The van der Waals surface area contributed by atoms with Gasteiger partial charge in [-0.3, -0.25) is 4.79 Å². The highest BCUT2D eigenvalue weighted by molar-refractivity contribution is 5.81. The van der Waals surface area contributed by atoms with Gasteiger partial charge >= 0.3 is 0 Å².